The molecule has 2 atom stereocenters. The Bertz CT molecular complexity index is 464. The minimum Gasteiger partial charge on any atom is -0.398 e. The summed E-state index contributed by atoms with van der Waals surface area (Å²) in [5.74, 6) is 0. The van der Waals surface area contributed by atoms with E-state index in [-0.39, 0.29) is 17.8 Å². The molecule has 6 heteroatoms. The molecule has 2 rings (SSSR count). The molecule has 1 aromatic rings. The van der Waals surface area contributed by atoms with Crippen LogP contribution in [-0.2, 0) is 4.74 Å². The van der Waals surface area contributed by atoms with Crippen molar-refractivity contribution < 1.29 is 9.66 Å². The van der Waals surface area contributed by atoms with E-state index in [0.29, 0.717) is 5.69 Å². The first-order chi connectivity index (χ1) is 8.49. The molecule has 1 heterocycles. The smallest absolute Gasteiger partial charge is 0.273 e. The number of nitrogen functional groups attached to an aromatic ring is 1. The lowest BCUT2D eigenvalue weighted by molar-refractivity contribution is -0.384. The van der Waals surface area contributed by atoms with Crippen molar-refractivity contribution in [2.45, 2.75) is 25.5 Å². The Morgan fingerprint density at radius 1 is 1.50 bits per heavy atom. The van der Waals surface area contributed by atoms with Gasteiger partial charge in [-0.25, -0.2) is 0 Å². The molecule has 2 N–H and O–H groups in total. The fourth-order valence-electron chi connectivity index (χ4n) is 2.35. The number of anilines is 2. The van der Waals surface area contributed by atoms with Gasteiger partial charge in [-0.1, -0.05) is 0 Å². The van der Waals surface area contributed by atoms with Gasteiger partial charge in [0.15, 0.2) is 0 Å². The van der Waals surface area contributed by atoms with Crippen LogP contribution in [0.2, 0.25) is 0 Å². The Hall–Kier alpha value is -1.82. The highest BCUT2D eigenvalue weighted by Crippen LogP contribution is 2.29. The number of benzene rings is 1. The van der Waals surface area contributed by atoms with Crippen molar-refractivity contribution in [3.8, 4) is 0 Å². The summed E-state index contributed by atoms with van der Waals surface area (Å²) in [6.45, 7) is 2.73. The van der Waals surface area contributed by atoms with Crippen LogP contribution < -0.4 is 10.6 Å². The summed E-state index contributed by atoms with van der Waals surface area (Å²) in [5, 5.41) is 10.8. The zero-order valence-electron chi connectivity index (χ0n) is 10.5. The van der Waals surface area contributed by atoms with Gasteiger partial charge in [0.1, 0.15) is 0 Å². The average Bonchev–Trinajstić information content (AvgIpc) is 2.73. The molecule has 1 aliphatic rings. The largest absolute Gasteiger partial charge is 0.398 e. The van der Waals surface area contributed by atoms with Gasteiger partial charge in [0.05, 0.1) is 17.1 Å². The van der Waals surface area contributed by atoms with Crippen LogP contribution in [0.3, 0.4) is 0 Å². The fraction of sp³-hybridized carbons (Fsp3) is 0.500. The van der Waals surface area contributed by atoms with Gasteiger partial charge in [-0.2, -0.15) is 0 Å². The van der Waals surface area contributed by atoms with Gasteiger partial charge < -0.3 is 15.4 Å². The van der Waals surface area contributed by atoms with Crippen LogP contribution in [-0.4, -0.2) is 30.7 Å². The molecule has 1 saturated heterocycles. The molecule has 98 valence electrons. The number of ether oxygens (including phenoxy) is 1. The number of nitro groups is 1. The van der Waals surface area contributed by atoms with Gasteiger partial charge in [-0.3, -0.25) is 10.1 Å². The number of hydrogen-bond donors (Lipinski definition) is 1. The normalized spacial score (nSPS) is 23.0. The molecule has 0 radical (unpaired) electrons. The standard InChI is InChI=1S/C12H17N3O3/c1-8-12(3-4-18-8)14(2)10-5-9(13)6-11(7-10)15(16)17/h5-8,12H,3-4,13H2,1-2H3. The molecule has 2 unspecified atom stereocenters. The molecule has 6 nitrogen and oxygen atoms in total. The lowest BCUT2D eigenvalue weighted by Crippen LogP contribution is -2.36. The number of likely N-dealkylation sites (N-methyl/N-ethyl adjacent to an activating group) is 1. The number of hydrogen-bond acceptors (Lipinski definition) is 5. The molecule has 0 bridgehead atoms. The average molecular weight is 251 g/mol. The van der Waals surface area contributed by atoms with Crippen LogP contribution in [0.5, 0.6) is 0 Å². The molecule has 1 aromatic carbocycles. The second kappa shape index (κ2) is 4.81. The third-order valence-corrected chi connectivity index (χ3v) is 3.38. The predicted molar refractivity (Wildman–Crippen MR) is 69.7 cm³/mol. The van der Waals surface area contributed by atoms with E-state index in [2.05, 4.69) is 0 Å². The summed E-state index contributed by atoms with van der Waals surface area (Å²) in [4.78, 5) is 12.4. The third kappa shape index (κ3) is 2.38. The summed E-state index contributed by atoms with van der Waals surface area (Å²) < 4.78 is 5.51. The number of nitro benzene ring substituents is 1. The molecular formula is C12H17N3O3. The summed E-state index contributed by atoms with van der Waals surface area (Å²) in [5.41, 5.74) is 6.88. The van der Waals surface area contributed by atoms with Crippen LogP contribution in [0.4, 0.5) is 17.1 Å². The quantitative estimate of drug-likeness (QED) is 0.503. The number of nitrogens with zero attached hydrogens (tertiary/aromatic N) is 2. The number of rotatable bonds is 3. The zero-order valence-corrected chi connectivity index (χ0v) is 10.5. The first-order valence-corrected chi connectivity index (χ1v) is 5.88. The van der Waals surface area contributed by atoms with E-state index in [1.54, 1.807) is 12.1 Å². The second-order valence-corrected chi connectivity index (χ2v) is 4.58. The van der Waals surface area contributed by atoms with Crippen molar-refractivity contribution in [1.82, 2.24) is 0 Å². The molecule has 0 aliphatic carbocycles. The number of non-ortho nitro benzene ring substituents is 1. The van der Waals surface area contributed by atoms with Crippen molar-refractivity contribution in [2.75, 3.05) is 24.3 Å². The van der Waals surface area contributed by atoms with E-state index in [0.717, 1.165) is 18.7 Å². The molecule has 18 heavy (non-hydrogen) atoms. The zero-order chi connectivity index (χ0) is 13.3. The summed E-state index contributed by atoms with van der Waals surface area (Å²) >= 11 is 0. The first kappa shape index (κ1) is 12.6. The maximum atomic E-state index is 10.8. The van der Waals surface area contributed by atoms with Gasteiger partial charge >= 0.3 is 0 Å². The summed E-state index contributed by atoms with van der Waals surface area (Å²) in [6.07, 6.45) is 1.04. The van der Waals surface area contributed by atoms with E-state index >= 15 is 0 Å². The lowest BCUT2D eigenvalue weighted by Gasteiger charge is -2.28. The molecule has 1 fully saturated rings. The maximum absolute atomic E-state index is 10.8. The Morgan fingerprint density at radius 2 is 2.22 bits per heavy atom. The minimum atomic E-state index is -0.428. The Morgan fingerprint density at radius 3 is 2.78 bits per heavy atom. The van der Waals surface area contributed by atoms with Gasteiger partial charge in [-0.05, 0) is 19.4 Å². The molecule has 0 spiro atoms. The highest BCUT2D eigenvalue weighted by molar-refractivity contribution is 5.63. The lowest BCUT2D eigenvalue weighted by atomic mass is 10.1. The van der Waals surface area contributed by atoms with Gasteiger partial charge in [0.25, 0.3) is 5.69 Å². The van der Waals surface area contributed by atoms with Crippen LogP contribution in [0.15, 0.2) is 18.2 Å². The minimum absolute atomic E-state index is 0.0171. The van der Waals surface area contributed by atoms with Crippen molar-refractivity contribution in [1.29, 1.82) is 0 Å². The van der Waals surface area contributed by atoms with Crippen LogP contribution >= 0.6 is 0 Å². The molecule has 0 amide bonds. The SMILES string of the molecule is CC1OCCC1N(C)c1cc(N)cc([N+](=O)[O-])c1. The maximum Gasteiger partial charge on any atom is 0.273 e. The van der Waals surface area contributed by atoms with E-state index in [1.807, 2.05) is 18.9 Å². The Kier molecular flexibility index (Phi) is 3.38. The third-order valence-electron chi connectivity index (χ3n) is 3.38. The van der Waals surface area contributed by atoms with Crippen LogP contribution in [0.25, 0.3) is 0 Å². The highest BCUT2D eigenvalue weighted by Gasteiger charge is 2.28. The Labute approximate surface area is 105 Å². The number of nitrogens with two attached hydrogens (primary N) is 1. The van der Waals surface area contributed by atoms with Crippen LogP contribution in [0, 0.1) is 10.1 Å². The van der Waals surface area contributed by atoms with E-state index in [4.69, 9.17) is 10.5 Å². The molecule has 0 aromatic heterocycles. The van der Waals surface area contributed by atoms with E-state index in [1.165, 1.54) is 6.07 Å². The van der Waals surface area contributed by atoms with E-state index < -0.39 is 4.92 Å². The predicted octanol–water partition coefficient (Wildman–Crippen LogP) is 1.79. The van der Waals surface area contributed by atoms with Crippen molar-refractivity contribution in [2.24, 2.45) is 0 Å². The Balaban J connectivity index is 2.29. The first-order valence-electron chi connectivity index (χ1n) is 5.88. The monoisotopic (exact) mass is 251 g/mol. The highest BCUT2D eigenvalue weighted by atomic mass is 16.6. The topological polar surface area (TPSA) is 81.6 Å². The molecule has 0 saturated carbocycles. The van der Waals surface area contributed by atoms with Crippen LogP contribution in [0.1, 0.15) is 13.3 Å². The fourth-order valence-corrected chi connectivity index (χ4v) is 2.35. The van der Waals surface area contributed by atoms with Crippen molar-refractivity contribution >= 4 is 17.1 Å². The van der Waals surface area contributed by atoms with Gasteiger partial charge in [0.2, 0.25) is 0 Å². The van der Waals surface area contributed by atoms with Crippen molar-refractivity contribution in [3.05, 3.63) is 28.3 Å². The van der Waals surface area contributed by atoms with Gasteiger partial charge in [-0.15, -0.1) is 0 Å². The molecule has 1 aliphatic heterocycles. The van der Waals surface area contributed by atoms with E-state index in [9.17, 15) is 10.1 Å². The van der Waals surface area contributed by atoms with Crippen molar-refractivity contribution in [3.63, 3.8) is 0 Å². The summed E-state index contributed by atoms with van der Waals surface area (Å²) in [6, 6.07) is 4.89. The van der Waals surface area contributed by atoms with Gasteiger partial charge in [0, 0.05) is 37.2 Å². The molecular weight excluding hydrogens is 234 g/mol. The second-order valence-electron chi connectivity index (χ2n) is 4.58. The summed E-state index contributed by atoms with van der Waals surface area (Å²) in [7, 11) is 1.91.